The van der Waals surface area contributed by atoms with Crippen LogP contribution in [0.3, 0.4) is 0 Å². The predicted molar refractivity (Wildman–Crippen MR) is 193 cm³/mol. The van der Waals surface area contributed by atoms with Crippen LogP contribution in [0.25, 0.3) is 11.1 Å². The third kappa shape index (κ3) is 4.35. The summed E-state index contributed by atoms with van der Waals surface area (Å²) in [6.07, 6.45) is 0.849. The van der Waals surface area contributed by atoms with E-state index in [0.29, 0.717) is 50.4 Å². The molecule has 4 atom stereocenters. The molecule has 1 saturated heterocycles. The van der Waals surface area contributed by atoms with E-state index in [-0.39, 0.29) is 5.78 Å². The molecule has 0 radical (unpaired) electrons. The Morgan fingerprint density at radius 1 is 0.592 bits per heavy atom. The zero-order valence-corrected chi connectivity index (χ0v) is 28.1. The molecule has 2 bridgehead atoms. The second-order valence-electron chi connectivity index (χ2n) is 12.8. The lowest BCUT2D eigenvalue weighted by atomic mass is 9.59. The molecule has 2 fully saturated rings. The number of halogens is 2. The third-order valence-corrected chi connectivity index (χ3v) is 10.8. The van der Waals surface area contributed by atoms with Crippen LogP contribution in [0.2, 0.25) is 10.0 Å². The van der Waals surface area contributed by atoms with E-state index in [9.17, 15) is 0 Å². The normalized spacial score (nSPS) is 24.1. The van der Waals surface area contributed by atoms with E-state index in [1.54, 1.807) is 48.5 Å². The number of ether oxygens (including phenoxy) is 1. The number of allylic oxidation sites excluding steroid dienone is 2. The molecule has 1 aliphatic heterocycles. The molecule has 0 N–H and O–H groups in total. The van der Waals surface area contributed by atoms with Crippen molar-refractivity contribution in [1.82, 2.24) is 0 Å². The van der Waals surface area contributed by atoms with E-state index in [2.05, 4.69) is 0 Å². The van der Waals surface area contributed by atoms with Gasteiger partial charge in [-0.25, -0.2) is 4.90 Å². The van der Waals surface area contributed by atoms with Crippen LogP contribution in [0.5, 0.6) is 5.75 Å². The summed E-state index contributed by atoms with van der Waals surface area (Å²) in [5.74, 6) is -2.48. The van der Waals surface area contributed by atoms with Gasteiger partial charge in [-0.2, -0.15) is 0 Å². The van der Waals surface area contributed by atoms with Gasteiger partial charge >= 0.3 is 0 Å². The molecule has 0 aromatic heterocycles. The van der Waals surface area contributed by atoms with Gasteiger partial charge < -0.3 is 4.74 Å². The molecule has 8 rings (SSSR count). The highest BCUT2D eigenvalue weighted by atomic mass is 35.5. The summed E-state index contributed by atoms with van der Waals surface area (Å²) < 4.78 is 5.79. The highest BCUT2D eigenvalue weighted by Gasteiger charge is 2.82. The van der Waals surface area contributed by atoms with Crippen LogP contribution in [0.1, 0.15) is 35.6 Å². The van der Waals surface area contributed by atoms with Gasteiger partial charge in [-0.1, -0.05) is 115 Å². The lowest BCUT2D eigenvalue weighted by Gasteiger charge is -2.39. The Hall–Kier alpha value is -4.97. The van der Waals surface area contributed by atoms with Crippen LogP contribution in [-0.4, -0.2) is 24.2 Å². The molecular weight excluding hydrogens is 653 g/mol. The van der Waals surface area contributed by atoms with Crippen molar-refractivity contribution in [2.24, 2.45) is 11.8 Å². The van der Waals surface area contributed by atoms with Gasteiger partial charge in [0.2, 0.25) is 11.8 Å². The van der Waals surface area contributed by atoms with Gasteiger partial charge in [0, 0.05) is 10.0 Å². The van der Waals surface area contributed by atoms with Crippen molar-refractivity contribution in [1.29, 1.82) is 0 Å². The molecule has 0 spiro atoms. The smallest absolute Gasteiger partial charge is 0.239 e. The van der Waals surface area contributed by atoms with Crippen molar-refractivity contribution in [3.8, 4) is 5.75 Å². The number of ketones is 1. The first-order valence-corrected chi connectivity index (χ1v) is 17.1. The first kappa shape index (κ1) is 31.3. The largest absolute Gasteiger partial charge is 0.494 e. The second-order valence-corrected chi connectivity index (χ2v) is 13.6. The molecule has 1 saturated carbocycles. The SMILES string of the molecule is CCCOc1ccc(N2C(=O)[C@H]3[C@H](C2=O)[C@@]2(c4ccc(Cl)cc4)C(=O)[C@@]3(c3ccc(Cl)cc3)C(c3ccccc3)=C2c2ccccc2)cc1. The number of Topliss-reactive ketones (excluding diaryl/α,β-unsaturated/α-hetero) is 1. The molecule has 2 amide bonds. The molecule has 5 aromatic carbocycles. The van der Waals surface area contributed by atoms with Gasteiger partial charge in [-0.05, 0) is 88.4 Å². The average Bonchev–Trinajstić information content (AvgIpc) is 3.64. The number of rotatable bonds is 8. The van der Waals surface area contributed by atoms with E-state index in [1.165, 1.54) is 4.90 Å². The Morgan fingerprint density at radius 2 is 1.02 bits per heavy atom. The highest BCUT2D eigenvalue weighted by molar-refractivity contribution is 6.39. The molecule has 242 valence electrons. The molecule has 3 aliphatic rings. The Kier molecular flexibility index (Phi) is 7.58. The minimum Gasteiger partial charge on any atom is -0.494 e. The Morgan fingerprint density at radius 3 is 1.43 bits per heavy atom. The van der Waals surface area contributed by atoms with E-state index >= 15 is 14.4 Å². The van der Waals surface area contributed by atoms with E-state index in [1.807, 2.05) is 91.9 Å². The summed E-state index contributed by atoms with van der Waals surface area (Å²) in [5, 5.41) is 0.997. The fourth-order valence-corrected chi connectivity index (χ4v) is 8.78. The summed E-state index contributed by atoms with van der Waals surface area (Å²) in [6, 6.07) is 40.8. The summed E-state index contributed by atoms with van der Waals surface area (Å²) in [5.41, 5.74) is 1.65. The van der Waals surface area contributed by atoms with Crippen LogP contribution in [0, 0.1) is 11.8 Å². The molecule has 5 nitrogen and oxygen atoms in total. The number of carbonyl (C=O) groups is 3. The molecule has 1 heterocycles. The van der Waals surface area contributed by atoms with Crippen molar-refractivity contribution in [3.05, 3.63) is 166 Å². The fraction of sp³-hybridized carbons (Fsp3) is 0.167. The second kappa shape index (κ2) is 11.9. The van der Waals surface area contributed by atoms with Gasteiger partial charge in [0.25, 0.3) is 0 Å². The number of fused-ring (bicyclic) bond motifs is 5. The maximum atomic E-state index is 16.0. The first-order chi connectivity index (χ1) is 23.8. The van der Waals surface area contributed by atoms with Crippen LogP contribution in [-0.2, 0) is 25.2 Å². The molecule has 5 aromatic rings. The topological polar surface area (TPSA) is 63.7 Å². The fourth-order valence-electron chi connectivity index (χ4n) is 8.52. The van der Waals surface area contributed by atoms with E-state index in [4.69, 9.17) is 27.9 Å². The third-order valence-electron chi connectivity index (χ3n) is 10.3. The van der Waals surface area contributed by atoms with Crippen molar-refractivity contribution >= 4 is 57.6 Å². The van der Waals surface area contributed by atoms with Crippen molar-refractivity contribution < 1.29 is 19.1 Å². The number of nitrogens with zero attached hydrogens (tertiary/aromatic N) is 1. The number of amides is 2. The molecule has 2 aliphatic carbocycles. The van der Waals surface area contributed by atoms with Crippen molar-refractivity contribution in [2.75, 3.05) is 11.5 Å². The van der Waals surface area contributed by atoms with E-state index < -0.39 is 34.5 Å². The van der Waals surface area contributed by atoms with Gasteiger partial charge in [0.15, 0.2) is 5.78 Å². The van der Waals surface area contributed by atoms with Crippen LogP contribution in [0.15, 0.2) is 133 Å². The summed E-state index contributed by atoms with van der Waals surface area (Å²) in [6.45, 7) is 2.58. The number of carbonyl (C=O) groups excluding carboxylic acids is 3. The van der Waals surface area contributed by atoms with Crippen LogP contribution >= 0.6 is 23.2 Å². The maximum absolute atomic E-state index is 16.0. The predicted octanol–water partition coefficient (Wildman–Crippen LogP) is 8.97. The van der Waals surface area contributed by atoms with Crippen molar-refractivity contribution in [3.63, 3.8) is 0 Å². The maximum Gasteiger partial charge on any atom is 0.239 e. The number of benzene rings is 5. The van der Waals surface area contributed by atoms with E-state index in [0.717, 1.165) is 17.5 Å². The highest BCUT2D eigenvalue weighted by Crippen LogP contribution is 2.74. The molecule has 7 heteroatoms. The zero-order chi connectivity index (χ0) is 33.9. The number of hydrogen-bond acceptors (Lipinski definition) is 4. The lowest BCUT2D eigenvalue weighted by molar-refractivity contribution is -0.130. The number of imide groups is 1. The Balaban J connectivity index is 1.48. The lowest BCUT2D eigenvalue weighted by Crippen LogP contribution is -2.45. The Labute approximate surface area is 294 Å². The molecular formula is C42H31Cl2NO4. The first-order valence-electron chi connectivity index (χ1n) is 16.4. The number of hydrogen-bond donors (Lipinski definition) is 0. The quantitative estimate of drug-likeness (QED) is 0.153. The van der Waals surface area contributed by atoms with Gasteiger partial charge in [-0.15, -0.1) is 0 Å². The monoisotopic (exact) mass is 683 g/mol. The Bertz CT molecular complexity index is 2000. The average molecular weight is 685 g/mol. The zero-order valence-electron chi connectivity index (χ0n) is 26.6. The van der Waals surface area contributed by atoms with Gasteiger partial charge in [-0.3, -0.25) is 14.4 Å². The summed E-state index contributed by atoms with van der Waals surface area (Å²) in [4.78, 5) is 47.5. The number of anilines is 1. The summed E-state index contributed by atoms with van der Waals surface area (Å²) in [7, 11) is 0. The van der Waals surface area contributed by atoms with Gasteiger partial charge in [0.05, 0.1) is 35.0 Å². The molecule has 0 unspecified atom stereocenters. The van der Waals surface area contributed by atoms with Crippen molar-refractivity contribution in [2.45, 2.75) is 24.2 Å². The standard InChI is InChI=1S/C42H31Cl2NO4/c1-2-25-49-33-23-21-32(22-24-33)45-38(46)36-37(39(45)47)42(29-15-19-31(44)20-16-29)35(27-11-7-4-8-12-27)34(26-9-5-3-6-10-26)41(36,40(42)48)28-13-17-30(43)18-14-28/h3-24,36-37H,2,25H2,1H3/t36-,37-,41+,42+/m1/s1. The minimum atomic E-state index is -1.52. The molecule has 49 heavy (non-hydrogen) atoms. The summed E-state index contributed by atoms with van der Waals surface area (Å²) >= 11 is 12.9. The van der Waals surface area contributed by atoms with Gasteiger partial charge in [0.1, 0.15) is 5.75 Å². The van der Waals surface area contributed by atoms with Crippen LogP contribution in [0.4, 0.5) is 5.69 Å². The minimum absolute atomic E-state index is 0.206. The van der Waals surface area contributed by atoms with Crippen LogP contribution < -0.4 is 9.64 Å².